The fraction of sp³-hybridized carbons (Fsp3) is 0.640. The molecule has 0 spiro atoms. The number of alkyl halides is 3. The second kappa shape index (κ2) is 13.5. The van der Waals surface area contributed by atoms with Crippen molar-refractivity contribution in [2.75, 3.05) is 32.7 Å². The van der Waals surface area contributed by atoms with Crippen LogP contribution >= 0.6 is 0 Å². The molecule has 1 aromatic carbocycles. The molecule has 2 N–H and O–H groups in total. The van der Waals surface area contributed by atoms with E-state index in [9.17, 15) is 22.8 Å². The van der Waals surface area contributed by atoms with Crippen molar-refractivity contribution in [2.45, 2.75) is 71.0 Å². The zero-order valence-electron chi connectivity index (χ0n) is 20.5. The first kappa shape index (κ1) is 28.6. The molecular formula is C25H36F3N3O4. The first-order valence-electron chi connectivity index (χ1n) is 12.2. The number of carboxylic acid groups (broad SMARTS) is 1. The Morgan fingerprint density at radius 3 is 2.00 bits per heavy atom. The van der Waals surface area contributed by atoms with Gasteiger partial charge in [-0.15, -0.1) is 0 Å². The van der Waals surface area contributed by atoms with Crippen molar-refractivity contribution >= 4 is 17.8 Å². The van der Waals surface area contributed by atoms with Gasteiger partial charge in [0.1, 0.15) is 0 Å². The molecule has 1 aromatic rings. The second-order valence-corrected chi connectivity index (χ2v) is 9.20. The Labute approximate surface area is 204 Å². The predicted molar refractivity (Wildman–Crippen MR) is 126 cm³/mol. The molecule has 2 aliphatic rings. The minimum absolute atomic E-state index is 0.0896. The number of aliphatic carboxylic acids is 1. The average Bonchev–Trinajstić information content (AvgIpc) is 3.08. The first-order valence-corrected chi connectivity index (χ1v) is 12.2. The fourth-order valence-electron chi connectivity index (χ4n) is 4.57. The Hall–Kier alpha value is -2.62. The number of aryl methyl sites for hydroxylation is 2. The number of carbonyl (C=O) groups is 3. The Morgan fingerprint density at radius 2 is 1.51 bits per heavy atom. The number of carbonyl (C=O) groups excluding carboxylic acids is 2. The van der Waals surface area contributed by atoms with E-state index in [2.05, 4.69) is 11.4 Å². The number of hydrogen-bond acceptors (Lipinski definition) is 4. The molecule has 1 heterocycles. The summed E-state index contributed by atoms with van der Waals surface area (Å²) >= 11 is 0. The highest BCUT2D eigenvalue weighted by molar-refractivity contribution is 5.95. The molecule has 2 amide bonds. The highest BCUT2D eigenvalue weighted by atomic mass is 19.4. The van der Waals surface area contributed by atoms with Crippen LogP contribution in [0.25, 0.3) is 0 Å². The van der Waals surface area contributed by atoms with E-state index in [1.54, 1.807) is 0 Å². The van der Waals surface area contributed by atoms with Gasteiger partial charge in [0, 0.05) is 50.7 Å². The number of nitrogens with one attached hydrogen (secondary N) is 1. The van der Waals surface area contributed by atoms with Crippen molar-refractivity contribution in [3.63, 3.8) is 0 Å². The summed E-state index contributed by atoms with van der Waals surface area (Å²) in [5.74, 6) is -2.49. The number of rotatable bonds is 5. The lowest BCUT2D eigenvalue weighted by Gasteiger charge is -2.33. The van der Waals surface area contributed by atoms with E-state index in [1.165, 1.54) is 25.7 Å². The summed E-state index contributed by atoms with van der Waals surface area (Å²) in [4.78, 5) is 39.0. The lowest BCUT2D eigenvalue weighted by atomic mass is 10.0. The number of nitrogens with zero attached hydrogens (tertiary/aromatic N) is 2. The third-order valence-electron chi connectivity index (χ3n) is 6.27. The van der Waals surface area contributed by atoms with Gasteiger partial charge < -0.3 is 20.2 Å². The smallest absolute Gasteiger partial charge is 0.475 e. The summed E-state index contributed by atoms with van der Waals surface area (Å²) in [5, 5.41) is 10.4. The van der Waals surface area contributed by atoms with Crippen LogP contribution in [0.4, 0.5) is 13.2 Å². The van der Waals surface area contributed by atoms with E-state index in [-0.39, 0.29) is 17.9 Å². The maximum absolute atomic E-state index is 13.4. The Bertz CT molecular complexity index is 842. The van der Waals surface area contributed by atoms with Crippen molar-refractivity contribution < 1.29 is 32.7 Å². The second-order valence-electron chi connectivity index (χ2n) is 9.20. The number of carboxylic acids is 1. The van der Waals surface area contributed by atoms with E-state index >= 15 is 0 Å². The van der Waals surface area contributed by atoms with Gasteiger partial charge in [-0.3, -0.25) is 9.59 Å². The molecule has 0 atom stereocenters. The summed E-state index contributed by atoms with van der Waals surface area (Å²) in [6, 6.07) is 6.32. The van der Waals surface area contributed by atoms with E-state index < -0.39 is 12.1 Å². The molecular weight excluding hydrogens is 463 g/mol. The third-order valence-corrected chi connectivity index (χ3v) is 6.27. The van der Waals surface area contributed by atoms with Crippen molar-refractivity contribution in [3.8, 4) is 0 Å². The lowest BCUT2D eigenvalue weighted by Crippen LogP contribution is -2.48. The number of halogens is 3. The van der Waals surface area contributed by atoms with Crippen LogP contribution in [-0.4, -0.2) is 77.6 Å². The maximum Gasteiger partial charge on any atom is 0.490 e. The summed E-state index contributed by atoms with van der Waals surface area (Å²) < 4.78 is 31.7. The van der Waals surface area contributed by atoms with Crippen LogP contribution in [0.5, 0.6) is 0 Å². The number of amides is 2. The largest absolute Gasteiger partial charge is 0.490 e. The van der Waals surface area contributed by atoms with Crippen LogP contribution < -0.4 is 5.32 Å². The topological polar surface area (TPSA) is 90.0 Å². The molecule has 0 unspecified atom stereocenters. The van der Waals surface area contributed by atoms with Crippen molar-refractivity contribution in [1.82, 2.24) is 15.1 Å². The van der Waals surface area contributed by atoms with Crippen molar-refractivity contribution in [3.05, 3.63) is 34.9 Å². The monoisotopic (exact) mass is 499 g/mol. The number of benzene rings is 1. The van der Waals surface area contributed by atoms with E-state index in [0.717, 1.165) is 55.7 Å². The van der Waals surface area contributed by atoms with Gasteiger partial charge in [-0.1, -0.05) is 42.9 Å². The normalized spacial score (nSPS) is 17.1. The molecule has 0 aromatic heterocycles. The summed E-state index contributed by atoms with van der Waals surface area (Å²) in [7, 11) is 0. The molecule has 7 nitrogen and oxygen atoms in total. The molecule has 0 bridgehead atoms. The minimum Gasteiger partial charge on any atom is -0.475 e. The standard InChI is InChI=1S/C23H35N3O2.C2HF3O2/c1-18-15-19(2)17-20(16-18)23(28)26(21-7-5-3-4-6-8-21)12-9-22(27)25-13-10-24-11-14-25;3-2(4,5)1(6)7/h15-17,21,24H,3-14H2,1-2H3;(H,6,7). The van der Waals surface area contributed by atoms with Crippen LogP contribution in [0.3, 0.4) is 0 Å². The minimum atomic E-state index is -5.08. The fourth-order valence-corrected chi connectivity index (χ4v) is 4.57. The van der Waals surface area contributed by atoms with Crippen molar-refractivity contribution in [2.24, 2.45) is 0 Å². The predicted octanol–water partition coefficient (Wildman–Crippen LogP) is 3.92. The third kappa shape index (κ3) is 9.51. The molecule has 196 valence electrons. The molecule has 1 saturated heterocycles. The summed E-state index contributed by atoms with van der Waals surface area (Å²) in [5.41, 5.74) is 2.98. The van der Waals surface area contributed by atoms with Gasteiger partial charge in [0.25, 0.3) is 5.91 Å². The van der Waals surface area contributed by atoms with Crippen LogP contribution in [-0.2, 0) is 9.59 Å². The van der Waals surface area contributed by atoms with Gasteiger partial charge in [0.15, 0.2) is 0 Å². The zero-order valence-corrected chi connectivity index (χ0v) is 20.5. The van der Waals surface area contributed by atoms with Crippen molar-refractivity contribution in [1.29, 1.82) is 0 Å². The van der Waals surface area contributed by atoms with Gasteiger partial charge in [-0.2, -0.15) is 13.2 Å². The summed E-state index contributed by atoms with van der Waals surface area (Å²) in [6.07, 6.45) is 2.30. The van der Waals surface area contributed by atoms with Crippen LogP contribution in [0, 0.1) is 13.8 Å². The highest BCUT2D eigenvalue weighted by Crippen LogP contribution is 2.24. The summed E-state index contributed by atoms with van der Waals surface area (Å²) in [6.45, 7) is 7.86. The first-order chi connectivity index (χ1) is 16.5. The van der Waals surface area contributed by atoms with Gasteiger partial charge >= 0.3 is 12.1 Å². The molecule has 0 radical (unpaired) electrons. The Morgan fingerprint density at radius 1 is 1.00 bits per heavy atom. The molecule has 35 heavy (non-hydrogen) atoms. The van der Waals surface area contributed by atoms with E-state index in [1.807, 2.05) is 35.8 Å². The zero-order chi connectivity index (χ0) is 26.0. The molecule has 10 heteroatoms. The number of piperazine rings is 1. The maximum atomic E-state index is 13.4. The van der Waals surface area contributed by atoms with Crippen LogP contribution in [0.1, 0.15) is 66.4 Å². The Kier molecular flexibility index (Phi) is 11.0. The molecule has 1 aliphatic heterocycles. The van der Waals surface area contributed by atoms with Crippen LogP contribution in [0.15, 0.2) is 18.2 Å². The molecule has 2 fully saturated rings. The number of hydrogen-bond donors (Lipinski definition) is 2. The quantitative estimate of drug-likeness (QED) is 0.600. The molecule has 1 aliphatic carbocycles. The highest BCUT2D eigenvalue weighted by Gasteiger charge is 2.38. The average molecular weight is 500 g/mol. The molecule has 1 saturated carbocycles. The van der Waals surface area contributed by atoms with Gasteiger partial charge in [0.2, 0.25) is 5.91 Å². The van der Waals surface area contributed by atoms with Crippen LogP contribution in [0.2, 0.25) is 0 Å². The lowest BCUT2D eigenvalue weighted by molar-refractivity contribution is -0.192. The van der Waals surface area contributed by atoms with Gasteiger partial charge in [-0.25, -0.2) is 4.79 Å². The molecule has 3 rings (SSSR count). The Balaban J connectivity index is 0.000000540. The SMILES string of the molecule is Cc1cc(C)cc(C(=O)N(CCC(=O)N2CCNCC2)C2CCCCCC2)c1.O=C(O)C(F)(F)F. The van der Waals surface area contributed by atoms with E-state index in [0.29, 0.717) is 13.0 Å². The van der Waals surface area contributed by atoms with E-state index in [4.69, 9.17) is 9.90 Å². The van der Waals surface area contributed by atoms with Gasteiger partial charge in [-0.05, 0) is 38.8 Å². The van der Waals surface area contributed by atoms with Gasteiger partial charge in [0.05, 0.1) is 0 Å².